The van der Waals surface area contributed by atoms with Crippen molar-refractivity contribution in [3.63, 3.8) is 0 Å². The van der Waals surface area contributed by atoms with Crippen LogP contribution in [0.25, 0.3) is 0 Å². The van der Waals surface area contributed by atoms with Crippen molar-refractivity contribution < 1.29 is 4.52 Å². The lowest BCUT2D eigenvalue weighted by atomic mass is 10.1. The normalized spacial score (nSPS) is 12.0. The van der Waals surface area contributed by atoms with Crippen LogP contribution in [0.1, 0.15) is 45.6 Å². The van der Waals surface area contributed by atoms with Crippen LogP contribution in [0, 0.1) is 12.8 Å². The van der Waals surface area contributed by atoms with E-state index in [4.69, 9.17) is 4.52 Å². The largest absolute Gasteiger partial charge is 0.338 e. The van der Waals surface area contributed by atoms with Crippen LogP contribution in [-0.2, 0) is 6.54 Å². The van der Waals surface area contributed by atoms with Gasteiger partial charge in [-0.15, -0.1) is 0 Å². The van der Waals surface area contributed by atoms with Gasteiger partial charge in [-0.2, -0.15) is 4.98 Å². The molecule has 0 bridgehead atoms. The van der Waals surface area contributed by atoms with Crippen molar-refractivity contribution in [2.75, 3.05) is 0 Å². The Balaban J connectivity index is 0.00000116. The molecule has 2 heterocycles. The molecule has 0 saturated heterocycles. The number of rotatable bonds is 5. The second-order valence-corrected chi connectivity index (χ2v) is 4.62. The van der Waals surface area contributed by atoms with Crippen LogP contribution < -0.4 is 5.56 Å². The Morgan fingerprint density at radius 1 is 1.41 bits per heavy atom. The van der Waals surface area contributed by atoms with E-state index in [2.05, 4.69) is 34.0 Å². The number of aliphatic imine (C=N–C) groups is 1. The molecule has 1 atom stereocenters. The minimum atomic E-state index is -0.158. The molecule has 2 aromatic heterocycles. The SMILES string of the molecule is CC.CCC(C)/C=N\c1ncn(Cc2ncno2)c(=O)c1C. The van der Waals surface area contributed by atoms with E-state index in [-0.39, 0.29) is 12.1 Å². The second-order valence-electron chi connectivity index (χ2n) is 4.62. The van der Waals surface area contributed by atoms with E-state index >= 15 is 0 Å². The van der Waals surface area contributed by atoms with E-state index in [9.17, 15) is 4.79 Å². The summed E-state index contributed by atoms with van der Waals surface area (Å²) in [5, 5.41) is 3.50. The lowest BCUT2D eigenvalue weighted by Crippen LogP contribution is -2.23. The van der Waals surface area contributed by atoms with Crippen molar-refractivity contribution >= 4 is 12.0 Å². The van der Waals surface area contributed by atoms with E-state index in [0.29, 0.717) is 23.2 Å². The summed E-state index contributed by atoms with van der Waals surface area (Å²) in [5.74, 6) is 1.18. The van der Waals surface area contributed by atoms with E-state index in [1.165, 1.54) is 17.2 Å². The van der Waals surface area contributed by atoms with Crippen LogP contribution in [0.15, 0.2) is 27.0 Å². The standard InChI is InChI=1S/C13H17N5O2.C2H6/c1-4-9(2)5-14-12-10(3)13(19)18(8-16-12)6-11-15-7-17-20-11;1-2/h5,7-9H,4,6H2,1-3H3;1-2H3/b14-5-;. The maximum atomic E-state index is 12.2. The van der Waals surface area contributed by atoms with Crippen LogP contribution in [0.3, 0.4) is 0 Å². The van der Waals surface area contributed by atoms with Crippen LogP contribution in [0.2, 0.25) is 0 Å². The average Bonchev–Trinajstić information content (AvgIpc) is 3.06. The van der Waals surface area contributed by atoms with E-state index in [1.54, 1.807) is 6.92 Å². The average molecular weight is 305 g/mol. The maximum absolute atomic E-state index is 12.2. The molecule has 1 unspecified atom stereocenters. The molecular weight excluding hydrogens is 282 g/mol. The molecule has 0 fully saturated rings. The molecule has 0 amide bonds. The topological polar surface area (TPSA) is 86.2 Å². The van der Waals surface area contributed by atoms with Crippen molar-refractivity contribution in [3.05, 3.63) is 34.5 Å². The van der Waals surface area contributed by atoms with Gasteiger partial charge in [0.1, 0.15) is 12.9 Å². The summed E-state index contributed by atoms with van der Waals surface area (Å²) >= 11 is 0. The second kappa shape index (κ2) is 8.86. The van der Waals surface area contributed by atoms with Crippen LogP contribution in [0.4, 0.5) is 5.82 Å². The van der Waals surface area contributed by atoms with Crippen LogP contribution >= 0.6 is 0 Å². The van der Waals surface area contributed by atoms with Crippen molar-refractivity contribution in [1.82, 2.24) is 19.7 Å². The molecule has 0 saturated carbocycles. The first-order valence-corrected chi connectivity index (χ1v) is 7.47. The minimum absolute atomic E-state index is 0.158. The predicted octanol–water partition coefficient (Wildman–Crippen LogP) is 2.76. The Labute approximate surface area is 130 Å². The van der Waals surface area contributed by atoms with Crippen molar-refractivity contribution in [2.45, 2.75) is 47.6 Å². The van der Waals surface area contributed by atoms with Gasteiger partial charge in [-0.05, 0) is 19.3 Å². The zero-order valence-corrected chi connectivity index (χ0v) is 13.8. The van der Waals surface area contributed by atoms with Gasteiger partial charge < -0.3 is 4.52 Å². The predicted molar refractivity (Wildman–Crippen MR) is 85.6 cm³/mol. The highest BCUT2D eigenvalue weighted by Gasteiger charge is 2.09. The Hall–Kier alpha value is -2.31. The Morgan fingerprint density at radius 2 is 2.14 bits per heavy atom. The summed E-state index contributed by atoms with van der Waals surface area (Å²) < 4.78 is 6.30. The van der Waals surface area contributed by atoms with Gasteiger partial charge in [-0.3, -0.25) is 9.36 Å². The van der Waals surface area contributed by atoms with Gasteiger partial charge in [0.25, 0.3) is 5.56 Å². The first-order chi connectivity index (χ1) is 10.6. The molecule has 0 N–H and O–H groups in total. The van der Waals surface area contributed by atoms with E-state index in [0.717, 1.165) is 6.42 Å². The summed E-state index contributed by atoms with van der Waals surface area (Å²) in [6, 6.07) is 0. The summed E-state index contributed by atoms with van der Waals surface area (Å²) in [5.41, 5.74) is 0.348. The van der Waals surface area contributed by atoms with Gasteiger partial charge in [-0.1, -0.05) is 32.9 Å². The lowest BCUT2D eigenvalue weighted by Gasteiger charge is -2.05. The molecule has 0 spiro atoms. The highest BCUT2D eigenvalue weighted by atomic mass is 16.5. The number of aromatic nitrogens is 4. The number of hydrogen-bond acceptors (Lipinski definition) is 6. The Kier molecular flexibility index (Phi) is 7.15. The molecule has 7 nitrogen and oxygen atoms in total. The fourth-order valence-electron chi connectivity index (χ4n) is 1.54. The molecule has 0 aliphatic carbocycles. The third-order valence-electron chi connectivity index (χ3n) is 3.04. The van der Waals surface area contributed by atoms with Gasteiger partial charge in [0.05, 0.1) is 5.56 Å². The highest BCUT2D eigenvalue weighted by molar-refractivity contribution is 5.64. The van der Waals surface area contributed by atoms with Gasteiger partial charge in [0, 0.05) is 6.21 Å². The summed E-state index contributed by atoms with van der Waals surface area (Å²) in [6.07, 6.45) is 5.56. The highest BCUT2D eigenvalue weighted by Crippen LogP contribution is 2.11. The van der Waals surface area contributed by atoms with E-state index in [1.807, 2.05) is 20.1 Å². The first-order valence-electron chi connectivity index (χ1n) is 7.47. The molecule has 0 aromatic carbocycles. The molecule has 7 heteroatoms. The Bertz CT molecular complexity index is 646. The molecule has 0 radical (unpaired) electrons. The van der Waals surface area contributed by atoms with Crippen molar-refractivity contribution in [1.29, 1.82) is 0 Å². The van der Waals surface area contributed by atoms with Gasteiger partial charge >= 0.3 is 0 Å². The van der Waals surface area contributed by atoms with Crippen molar-refractivity contribution in [3.8, 4) is 0 Å². The molecular formula is C15H23N5O2. The maximum Gasteiger partial charge on any atom is 0.258 e. The van der Waals surface area contributed by atoms with Crippen molar-refractivity contribution in [2.24, 2.45) is 10.9 Å². The number of hydrogen-bond donors (Lipinski definition) is 0. The molecule has 0 aliphatic heterocycles. The molecule has 120 valence electrons. The minimum Gasteiger partial charge on any atom is -0.338 e. The third kappa shape index (κ3) is 4.61. The first kappa shape index (κ1) is 17.7. The smallest absolute Gasteiger partial charge is 0.258 e. The monoisotopic (exact) mass is 305 g/mol. The molecule has 2 aromatic rings. The molecule has 0 aliphatic rings. The quantitative estimate of drug-likeness (QED) is 0.793. The summed E-state index contributed by atoms with van der Waals surface area (Å²) in [7, 11) is 0. The summed E-state index contributed by atoms with van der Waals surface area (Å²) in [6.45, 7) is 10.1. The number of nitrogens with zero attached hydrogens (tertiary/aromatic N) is 5. The Morgan fingerprint density at radius 3 is 2.73 bits per heavy atom. The molecule has 2 rings (SSSR count). The fourth-order valence-corrected chi connectivity index (χ4v) is 1.54. The van der Waals surface area contributed by atoms with Crippen LogP contribution in [-0.4, -0.2) is 25.9 Å². The fraction of sp³-hybridized carbons (Fsp3) is 0.533. The third-order valence-corrected chi connectivity index (χ3v) is 3.04. The molecule has 22 heavy (non-hydrogen) atoms. The summed E-state index contributed by atoms with van der Waals surface area (Å²) in [4.78, 5) is 24.5. The van der Waals surface area contributed by atoms with E-state index < -0.39 is 0 Å². The van der Waals surface area contributed by atoms with Gasteiger partial charge in [-0.25, -0.2) is 9.98 Å². The van der Waals surface area contributed by atoms with Gasteiger partial charge in [0.2, 0.25) is 5.89 Å². The lowest BCUT2D eigenvalue weighted by molar-refractivity contribution is 0.368. The van der Waals surface area contributed by atoms with Crippen LogP contribution in [0.5, 0.6) is 0 Å². The zero-order valence-electron chi connectivity index (χ0n) is 13.8. The zero-order chi connectivity index (χ0) is 16.5. The van der Waals surface area contributed by atoms with Gasteiger partial charge in [0.15, 0.2) is 12.1 Å².